The van der Waals surface area contributed by atoms with E-state index in [9.17, 15) is 4.79 Å². The maximum absolute atomic E-state index is 12.0. The number of amides is 1. The van der Waals surface area contributed by atoms with Crippen LogP contribution in [0.2, 0.25) is 0 Å². The summed E-state index contributed by atoms with van der Waals surface area (Å²) in [6.07, 6.45) is 2.93. The van der Waals surface area contributed by atoms with Crippen molar-refractivity contribution in [2.24, 2.45) is 5.73 Å². The SMILES string of the molecule is CSCCC(N)c1nc(C(=O)NCc2cccs2)cs1. The molecule has 7 heteroatoms. The molecular weight excluding hydrogens is 310 g/mol. The van der Waals surface area contributed by atoms with Gasteiger partial charge in [0.25, 0.3) is 5.91 Å². The van der Waals surface area contributed by atoms with Crippen LogP contribution in [-0.4, -0.2) is 22.9 Å². The molecule has 1 amide bonds. The molecule has 1 atom stereocenters. The molecule has 0 saturated heterocycles. The summed E-state index contributed by atoms with van der Waals surface area (Å²) in [5.74, 6) is 0.860. The van der Waals surface area contributed by atoms with E-state index in [2.05, 4.69) is 16.6 Å². The van der Waals surface area contributed by atoms with Gasteiger partial charge in [0.15, 0.2) is 0 Å². The number of hydrogen-bond donors (Lipinski definition) is 2. The lowest BCUT2D eigenvalue weighted by atomic mass is 10.2. The number of carbonyl (C=O) groups excluding carboxylic acids is 1. The molecule has 0 spiro atoms. The topological polar surface area (TPSA) is 68.0 Å². The number of aromatic nitrogens is 1. The Morgan fingerprint density at radius 2 is 2.40 bits per heavy atom. The molecule has 1 unspecified atom stereocenters. The lowest BCUT2D eigenvalue weighted by Crippen LogP contribution is -2.23. The van der Waals surface area contributed by atoms with Crippen LogP contribution in [0.15, 0.2) is 22.9 Å². The van der Waals surface area contributed by atoms with E-state index in [-0.39, 0.29) is 11.9 Å². The number of rotatable bonds is 7. The third-order valence-corrected chi connectivity index (χ3v) is 5.21. The van der Waals surface area contributed by atoms with Crippen molar-refractivity contribution in [3.63, 3.8) is 0 Å². The molecule has 0 fully saturated rings. The normalized spacial score (nSPS) is 12.3. The number of nitrogens with two attached hydrogens (primary N) is 1. The van der Waals surface area contributed by atoms with Crippen molar-refractivity contribution in [1.29, 1.82) is 0 Å². The van der Waals surface area contributed by atoms with Crippen LogP contribution in [0.5, 0.6) is 0 Å². The maximum Gasteiger partial charge on any atom is 0.271 e. The number of hydrogen-bond acceptors (Lipinski definition) is 6. The average molecular weight is 328 g/mol. The van der Waals surface area contributed by atoms with Crippen LogP contribution in [0.1, 0.15) is 32.8 Å². The van der Waals surface area contributed by atoms with Crippen LogP contribution >= 0.6 is 34.4 Å². The molecule has 2 aromatic heterocycles. The molecule has 108 valence electrons. The number of nitrogens with zero attached hydrogens (tertiary/aromatic N) is 1. The van der Waals surface area contributed by atoms with Gasteiger partial charge >= 0.3 is 0 Å². The molecule has 0 radical (unpaired) electrons. The molecule has 3 N–H and O–H groups in total. The standard InChI is InChI=1S/C13H17N3OS3/c1-18-6-4-10(14)13-16-11(8-20-13)12(17)15-7-9-3-2-5-19-9/h2-3,5,8,10H,4,6-7,14H2,1H3,(H,15,17). The first-order chi connectivity index (χ1) is 9.70. The number of thiazole rings is 1. The molecule has 0 bridgehead atoms. The van der Waals surface area contributed by atoms with Crippen molar-refractivity contribution in [2.45, 2.75) is 19.0 Å². The van der Waals surface area contributed by atoms with Gasteiger partial charge in [-0.2, -0.15) is 11.8 Å². The van der Waals surface area contributed by atoms with Crippen molar-refractivity contribution in [3.8, 4) is 0 Å². The number of nitrogens with one attached hydrogen (secondary N) is 1. The van der Waals surface area contributed by atoms with Gasteiger partial charge in [0.2, 0.25) is 0 Å². The lowest BCUT2D eigenvalue weighted by molar-refractivity contribution is 0.0947. The van der Waals surface area contributed by atoms with Gasteiger partial charge in [-0.15, -0.1) is 22.7 Å². The Bertz CT molecular complexity index is 539. The van der Waals surface area contributed by atoms with E-state index in [0.29, 0.717) is 12.2 Å². The third-order valence-electron chi connectivity index (χ3n) is 2.71. The molecule has 4 nitrogen and oxygen atoms in total. The molecule has 2 aromatic rings. The minimum atomic E-state index is -0.141. The summed E-state index contributed by atoms with van der Waals surface area (Å²) >= 11 is 4.84. The fraction of sp³-hybridized carbons (Fsp3) is 0.385. The molecular formula is C13H17N3OS3. The molecule has 2 rings (SSSR count). The zero-order valence-electron chi connectivity index (χ0n) is 11.2. The van der Waals surface area contributed by atoms with Gasteiger partial charge in [0, 0.05) is 10.3 Å². The van der Waals surface area contributed by atoms with Gasteiger partial charge < -0.3 is 11.1 Å². The summed E-state index contributed by atoms with van der Waals surface area (Å²) in [6.45, 7) is 0.544. The Morgan fingerprint density at radius 1 is 1.55 bits per heavy atom. The van der Waals surface area contributed by atoms with Crippen molar-refractivity contribution >= 4 is 40.3 Å². The van der Waals surface area contributed by atoms with Gasteiger partial charge in [-0.3, -0.25) is 4.79 Å². The van der Waals surface area contributed by atoms with Crippen molar-refractivity contribution in [1.82, 2.24) is 10.3 Å². The molecule has 0 saturated carbocycles. The quantitative estimate of drug-likeness (QED) is 0.820. The van der Waals surface area contributed by atoms with Gasteiger partial charge in [-0.05, 0) is 29.9 Å². The summed E-state index contributed by atoms with van der Waals surface area (Å²) in [4.78, 5) is 17.5. The monoisotopic (exact) mass is 327 g/mol. The number of carbonyl (C=O) groups is 1. The first-order valence-electron chi connectivity index (χ1n) is 6.21. The van der Waals surface area contributed by atoms with Gasteiger partial charge in [-0.1, -0.05) is 6.07 Å². The first-order valence-corrected chi connectivity index (χ1v) is 9.36. The van der Waals surface area contributed by atoms with Crippen LogP contribution in [0, 0.1) is 0 Å². The van der Waals surface area contributed by atoms with Crippen molar-refractivity contribution < 1.29 is 4.79 Å². The highest BCUT2D eigenvalue weighted by Crippen LogP contribution is 2.20. The lowest BCUT2D eigenvalue weighted by Gasteiger charge is -2.06. The molecule has 0 aromatic carbocycles. The summed E-state index contributed by atoms with van der Waals surface area (Å²) in [5, 5.41) is 7.47. The van der Waals surface area contributed by atoms with E-state index >= 15 is 0 Å². The van der Waals surface area contributed by atoms with E-state index in [0.717, 1.165) is 22.1 Å². The van der Waals surface area contributed by atoms with E-state index in [1.165, 1.54) is 11.3 Å². The summed E-state index contributed by atoms with van der Waals surface area (Å²) in [6, 6.07) is 3.89. The fourth-order valence-electron chi connectivity index (χ4n) is 1.60. The summed E-state index contributed by atoms with van der Waals surface area (Å²) < 4.78 is 0. The second-order valence-corrected chi connectivity index (χ2v) is 7.13. The number of thioether (sulfide) groups is 1. The van der Waals surface area contributed by atoms with E-state index in [1.807, 2.05) is 17.5 Å². The fourth-order valence-corrected chi connectivity index (χ4v) is 3.57. The molecule has 0 aliphatic carbocycles. The molecule has 0 aliphatic rings. The zero-order chi connectivity index (χ0) is 14.4. The maximum atomic E-state index is 12.0. The predicted octanol–water partition coefficient (Wildman–Crippen LogP) is 2.89. The smallest absolute Gasteiger partial charge is 0.271 e. The molecule has 2 heterocycles. The van der Waals surface area contributed by atoms with Crippen molar-refractivity contribution in [3.05, 3.63) is 38.5 Å². The second kappa shape index (κ2) is 7.78. The van der Waals surface area contributed by atoms with Crippen LogP contribution in [0.25, 0.3) is 0 Å². The van der Waals surface area contributed by atoms with Crippen LogP contribution in [0.4, 0.5) is 0 Å². The average Bonchev–Trinajstić information content (AvgIpc) is 3.12. The number of thiophene rings is 1. The minimum Gasteiger partial charge on any atom is -0.346 e. The van der Waals surface area contributed by atoms with Crippen LogP contribution < -0.4 is 11.1 Å². The van der Waals surface area contributed by atoms with Gasteiger partial charge in [0.05, 0.1) is 12.6 Å². The van der Waals surface area contributed by atoms with E-state index < -0.39 is 0 Å². The summed E-state index contributed by atoms with van der Waals surface area (Å²) in [5.41, 5.74) is 6.51. The van der Waals surface area contributed by atoms with E-state index in [1.54, 1.807) is 28.5 Å². The van der Waals surface area contributed by atoms with Crippen LogP contribution in [0.3, 0.4) is 0 Å². The Kier molecular flexibility index (Phi) is 6.03. The van der Waals surface area contributed by atoms with Gasteiger partial charge in [0.1, 0.15) is 10.7 Å². The highest BCUT2D eigenvalue weighted by atomic mass is 32.2. The largest absolute Gasteiger partial charge is 0.346 e. The third kappa shape index (κ3) is 4.31. The van der Waals surface area contributed by atoms with Gasteiger partial charge in [-0.25, -0.2) is 4.98 Å². The van der Waals surface area contributed by atoms with Crippen molar-refractivity contribution in [2.75, 3.05) is 12.0 Å². The highest BCUT2D eigenvalue weighted by molar-refractivity contribution is 7.98. The summed E-state index contributed by atoms with van der Waals surface area (Å²) in [7, 11) is 0. The second-order valence-electron chi connectivity index (χ2n) is 4.22. The van der Waals surface area contributed by atoms with E-state index in [4.69, 9.17) is 5.73 Å². The Labute approximate surface area is 130 Å². The molecule has 0 aliphatic heterocycles. The highest BCUT2D eigenvalue weighted by Gasteiger charge is 2.14. The predicted molar refractivity (Wildman–Crippen MR) is 87.5 cm³/mol. The Hall–Kier alpha value is -0.890. The minimum absolute atomic E-state index is 0.0775. The first kappa shape index (κ1) is 15.5. The molecule has 20 heavy (non-hydrogen) atoms. The van der Waals surface area contributed by atoms with Crippen LogP contribution in [-0.2, 0) is 6.54 Å². The zero-order valence-corrected chi connectivity index (χ0v) is 13.6. The Morgan fingerprint density at radius 3 is 3.10 bits per heavy atom. The Balaban J connectivity index is 1.89.